The first kappa shape index (κ1) is 19.1. The van der Waals surface area contributed by atoms with Crippen LogP contribution >= 0.6 is 0 Å². The molecule has 1 aliphatic rings. The molecular formula is C21H24FN3O2. The summed E-state index contributed by atoms with van der Waals surface area (Å²) in [5.41, 5.74) is 0.554. The van der Waals surface area contributed by atoms with E-state index in [1.54, 1.807) is 17.2 Å². The van der Waals surface area contributed by atoms with Crippen molar-refractivity contribution in [2.24, 2.45) is 5.92 Å². The zero-order chi connectivity index (χ0) is 19.8. The van der Waals surface area contributed by atoms with E-state index in [1.165, 1.54) is 6.07 Å². The Balaban J connectivity index is 1.99. The third kappa shape index (κ3) is 4.02. The molecule has 0 spiro atoms. The lowest BCUT2D eigenvalue weighted by atomic mass is 9.83. The molecule has 0 saturated carbocycles. The van der Waals surface area contributed by atoms with Gasteiger partial charge in [0, 0.05) is 30.6 Å². The lowest BCUT2D eigenvalue weighted by Crippen LogP contribution is -2.45. The van der Waals surface area contributed by atoms with Crippen LogP contribution in [0.3, 0.4) is 0 Å². The highest BCUT2D eigenvalue weighted by Gasteiger charge is 2.33. The number of nitrogens with zero attached hydrogens (tertiary/aromatic N) is 3. The summed E-state index contributed by atoms with van der Waals surface area (Å²) >= 11 is 0. The Bertz CT molecular complexity index is 914. The second-order valence-corrected chi connectivity index (χ2v) is 8.26. The Morgan fingerprint density at radius 3 is 2.81 bits per heavy atom. The summed E-state index contributed by atoms with van der Waals surface area (Å²) in [6, 6.07) is 6.97. The van der Waals surface area contributed by atoms with Crippen LogP contribution in [0.5, 0.6) is 0 Å². The molecular weight excluding hydrogens is 345 g/mol. The van der Waals surface area contributed by atoms with E-state index in [-0.39, 0.29) is 23.5 Å². The first-order valence-corrected chi connectivity index (χ1v) is 9.14. The van der Waals surface area contributed by atoms with Gasteiger partial charge in [0.1, 0.15) is 23.1 Å². The van der Waals surface area contributed by atoms with Gasteiger partial charge in [-0.2, -0.15) is 5.26 Å². The zero-order valence-electron chi connectivity index (χ0n) is 16.1. The quantitative estimate of drug-likeness (QED) is 0.736. The van der Waals surface area contributed by atoms with Crippen molar-refractivity contribution in [1.82, 2.24) is 9.88 Å². The molecule has 2 unspecified atom stereocenters. The molecule has 27 heavy (non-hydrogen) atoms. The van der Waals surface area contributed by atoms with Crippen molar-refractivity contribution in [3.8, 4) is 6.07 Å². The molecule has 6 heteroatoms. The van der Waals surface area contributed by atoms with Crippen molar-refractivity contribution in [2.45, 2.75) is 45.6 Å². The predicted octanol–water partition coefficient (Wildman–Crippen LogP) is 4.61. The molecule has 1 saturated heterocycles. The number of rotatable bonds is 1. The maximum absolute atomic E-state index is 14.5. The molecule has 2 atom stereocenters. The molecule has 3 rings (SSSR count). The summed E-state index contributed by atoms with van der Waals surface area (Å²) in [5.74, 6) is -0.363. The lowest BCUT2D eigenvalue weighted by Gasteiger charge is -2.37. The van der Waals surface area contributed by atoms with Gasteiger partial charge in [-0.05, 0) is 50.8 Å². The lowest BCUT2D eigenvalue weighted by molar-refractivity contribution is 0.0152. The summed E-state index contributed by atoms with van der Waals surface area (Å²) in [5, 5.41) is 10.0. The fraction of sp³-hybridized carbons (Fsp3) is 0.476. The average molecular weight is 369 g/mol. The van der Waals surface area contributed by atoms with Gasteiger partial charge in [0.05, 0.1) is 5.52 Å². The molecule has 1 aliphatic heterocycles. The standard InChI is InChI=1S/C21H24FN3O2/c1-13-8-14(12-25(11-13)20(26)27-21(2,3)4)16-9-18(22)17(10-23)19-15(16)6-5-7-24-19/h5-7,9,13-14H,8,11-12H2,1-4H3. The fourth-order valence-electron chi connectivity index (χ4n) is 3.73. The number of carbonyl (C=O) groups excluding carboxylic acids is 1. The van der Waals surface area contributed by atoms with Crippen LogP contribution in [-0.2, 0) is 4.74 Å². The van der Waals surface area contributed by atoms with Crippen molar-refractivity contribution < 1.29 is 13.9 Å². The summed E-state index contributed by atoms with van der Waals surface area (Å²) in [6.07, 6.45) is 2.04. The van der Waals surface area contributed by atoms with Gasteiger partial charge in [-0.25, -0.2) is 9.18 Å². The molecule has 0 N–H and O–H groups in total. The normalized spacial score (nSPS) is 20.4. The molecule has 2 aromatic rings. The van der Waals surface area contributed by atoms with Gasteiger partial charge in [0.15, 0.2) is 0 Å². The number of likely N-dealkylation sites (tertiary alicyclic amines) is 1. The number of halogens is 1. The van der Waals surface area contributed by atoms with E-state index in [9.17, 15) is 14.4 Å². The molecule has 0 aliphatic carbocycles. The maximum Gasteiger partial charge on any atom is 0.410 e. The van der Waals surface area contributed by atoms with Crippen LogP contribution in [0, 0.1) is 23.1 Å². The van der Waals surface area contributed by atoms with Gasteiger partial charge in [-0.3, -0.25) is 4.98 Å². The Morgan fingerprint density at radius 1 is 1.41 bits per heavy atom. The number of aromatic nitrogens is 1. The number of benzene rings is 1. The number of amides is 1. The second kappa shape index (κ2) is 7.15. The minimum absolute atomic E-state index is 0.0396. The van der Waals surface area contributed by atoms with Crippen molar-refractivity contribution >= 4 is 17.0 Å². The summed E-state index contributed by atoms with van der Waals surface area (Å²) in [6.45, 7) is 8.65. The van der Waals surface area contributed by atoms with Gasteiger partial charge >= 0.3 is 6.09 Å². The predicted molar refractivity (Wildman–Crippen MR) is 101 cm³/mol. The second-order valence-electron chi connectivity index (χ2n) is 8.26. The van der Waals surface area contributed by atoms with Gasteiger partial charge < -0.3 is 9.64 Å². The van der Waals surface area contributed by atoms with Crippen molar-refractivity contribution in [3.63, 3.8) is 0 Å². The minimum atomic E-state index is -0.569. The van der Waals surface area contributed by atoms with E-state index in [4.69, 9.17) is 4.74 Å². The molecule has 0 radical (unpaired) electrons. The highest BCUT2D eigenvalue weighted by Crippen LogP contribution is 2.36. The first-order valence-electron chi connectivity index (χ1n) is 9.14. The van der Waals surface area contributed by atoms with Crippen LogP contribution in [0.4, 0.5) is 9.18 Å². The van der Waals surface area contributed by atoms with Crippen molar-refractivity contribution in [1.29, 1.82) is 5.26 Å². The number of hydrogen-bond donors (Lipinski definition) is 0. The molecule has 142 valence electrons. The van der Waals surface area contributed by atoms with Crippen molar-refractivity contribution in [2.75, 3.05) is 13.1 Å². The first-order chi connectivity index (χ1) is 12.7. The van der Waals surface area contributed by atoms with Crippen LogP contribution in [0.1, 0.15) is 51.2 Å². The van der Waals surface area contributed by atoms with E-state index >= 15 is 0 Å². The summed E-state index contributed by atoms with van der Waals surface area (Å²) in [4.78, 5) is 18.5. The van der Waals surface area contributed by atoms with Gasteiger partial charge in [-0.15, -0.1) is 0 Å². The highest BCUT2D eigenvalue weighted by molar-refractivity contribution is 5.88. The SMILES string of the molecule is CC1CC(c2cc(F)c(C#N)c3ncccc23)CN(C(=O)OC(C)(C)C)C1. The van der Waals surface area contributed by atoms with E-state index in [1.807, 2.05) is 32.9 Å². The van der Waals surface area contributed by atoms with E-state index in [2.05, 4.69) is 11.9 Å². The fourth-order valence-corrected chi connectivity index (χ4v) is 3.73. The molecule has 1 fully saturated rings. The van der Waals surface area contributed by atoms with Gasteiger partial charge in [0.25, 0.3) is 0 Å². The number of fused-ring (bicyclic) bond motifs is 1. The molecule has 0 bridgehead atoms. The van der Waals surface area contributed by atoms with Crippen LogP contribution in [0.2, 0.25) is 0 Å². The van der Waals surface area contributed by atoms with E-state index < -0.39 is 11.4 Å². The Kier molecular flexibility index (Phi) is 5.05. The third-order valence-corrected chi connectivity index (χ3v) is 4.74. The number of nitriles is 1. The molecule has 1 amide bonds. The summed E-state index contributed by atoms with van der Waals surface area (Å²) in [7, 11) is 0. The van der Waals surface area contributed by atoms with Gasteiger partial charge in [0.2, 0.25) is 0 Å². The van der Waals surface area contributed by atoms with E-state index in [0.717, 1.165) is 17.4 Å². The van der Waals surface area contributed by atoms with E-state index in [0.29, 0.717) is 18.6 Å². The van der Waals surface area contributed by atoms with Crippen LogP contribution < -0.4 is 0 Å². The number of carbonyl (C=O) groups is 1. The third-order valence-electron chi connectivity index (χ3n) is 4.74. The van der Waals surface area contributed by atoms with Crippen molar-refractivity contribution in [3.05, 3.63) is 41.3 Å². The maximum atomic E-state index is 14.5. The molecule has 1 aromatic heterocycles. The Labute approximate surface area is 158 Å². The Hall–Kier alpha value is -2.68. The molecule has 1 aromatic carbocycles. The zero-order valence-corrected chi connectivity index (χ0v) is 16.1. The minimum Gasteiger partial charge on any atom is -0.444 e. The molecule has 5 nitrogen and oxygen atoms in total. The van der Waals surface area contributed by atoms with Crippen LogP contribution in [0.15, 0.2) is 24.4 Å². The monoisotopic (exact) mass is 369 g/mol. The summed E-state index contributed by atoms with van der Waals surface area (Å²) < 4.78 is 20.1. The number of piperidine rings is 1. The largest absolute Gasteiger partial charge is 0.444 e. The number of ether oxygens (including phenoxy) is 1. The Morgan fingerprint density at radius 2 is 2.15 bits per heavy atom. The average Bonchev–Trinajstić information content (AvgIpc) is 2.59. The highest BCUT2D eigenvalue weighted by atomic mass is 19.1. The van der Waals surface area contributed by atoms with Crippen LogP contribution in [-0.4, -0.2) is 34.7 Å². The number of hydrogen-bond acceptors (Lipinski definition) is 4. The van der Waals surface area contributed by atoms with Gasteiger partial charge in [-0.1, -0.05) is 13.0 Å². The van der Waals surface area contributed by atoms with Crippen LogP contribution in [0.25, 0.3) is 10.9 Å². The topological polar surface area (TPSA) is 66.2 Å². The number of pyridine rings is 1. The molecule has 2 heterocycles. The smallest absolute Gasteiger partial charge is 0.410 e.